The van der Waals surface area contributed by atoms with E-state index >= 15 is 0 Å². The lowest BCUT2D eigenvalue weighted by molar-refractivity contribution is 0.0254. The first-order chi connectivity index (χ1) is 13.7. The highest BCUT2D eigenvalue weighted by Gasteiger charge is 2.17. The highest BCUT2D eigenvalue weighted by molar-refractivity contribution is 6.30. The normalized spacial score (nSPS) is 15.1. The Labute approximate surface area is 163 Å². The van der Waals surface area contributed by atoms with Gasteiger partial charge in [0.1, 0.15) is 17.9 Å². The second kappa shape index (κ2) is 9.69. The number of ether oxygens (including phenoxy) is 2. The summed E-state index contributed by atoms with van der Waals surface area (Å²) >= 11 is 0. The number of hydrogen-bond donors (Lipinski definition) is 2. The molecule has 0 bridgehead atoms. The number of nitrogens with zero attached hydrogens (tertiary/aromatic N) is 4. The lowest BCUT2D eigenvalue weighted by atomic mass is 10.1. The number of rotatable bonds is 7. The van der Waals surface area contributed by atoms with Gasteiger partial charge in [0, 0.05) is 37.4 Å². The molecular formula is C20H22N6O2. The van der Waals surface area contributed by atoms with Crippen molar-refractivity contribution in [2.75, 3.05) is 26.8 Å². The third-order valence-electron chi connectivity index (χ3n) is 4.27. The van der Waals surface area contributed by atoms with E-state index in [2.05, 4.69) is 26.3 Å². The topological polar surface area (TPSA) is 116 Å². The smallest absolute Gasteiger partial charge is 0.250 e. The number of nitriles is 1. The Morgan fingerprint density at radius 2 is 2.25 bits per heavy atom. The van der Waals surface area contributed by atoms with Crippen LogP contribution in [0.4, 0.5) is 5.95 Å². The van der Waals surface area contributed by atoms with Crippen LogP contribution in [0.5, 0.6) is 5.75 Å². The summed E-state index contributed by atoms with van der Waals surface area (Å²) < 4.78 is 11.3. The number of hydrogen-bond acceptors (Lipinski definition) is 8. The van der Waals surface area contributed by atoms with Gasteiger partial charge in [0.25, 0.3) is 0 Å². The predicted molar refractivity (Wildman–Crippen MR) is 106 cm³/mol. The second-order valence-electron chi connectivity index (χ2n) is 6.27. The Hall–Kier alpha value is -3.15. The Morgan fingerprint density at radius 1 is 1.43 bits per heavy atom. The molecule has 1 aromatic heterocycles. The highest BCUT2D eigenvalue weighted by Crippen LogP contribution is 2.28. The molecule has 2 heterocycles. The molecule has 1 aromatic carbocycles. The van der Waals surface area contributed by atoms with E-state index in [4.69, 9.17) is 14.9 Å². The largest absolute Gasteiger partial charge is 0.489 e. The molecule has 1 aliphatic rings. The predicted octanol–water partition coefficient (Wildman–Crippen LogP) is 2.51. The van der Waals surface area contributed by atoms with E-state index in [-0.39, 0.29) is 12.1 Å². The molecule has 0 radical (unpaired) electrons. The molecule has 0 spiro atoms. The molecule has 0 saturated carbocycles. The maximum absolute atomic E-state index is 9.54. The molecule has 144 valence electrons. The quantitative estimate of drug-likeness (QED) is 0.715. The van der Waals surface area contributed by atoms with E-state index in [1.165, 1.54) is 6.21 Å². The molecule has 1 saturated heterocycles. The number of aliphatic imine (C=N–C) groups is 1. The first kappa shape index (κ1) is 19.6. The molecule has 8 heteroatoms. The molecule has 28 heavy (non-hydrogen) atoms. The third-order valence-corrected chi connectivity index (χ3v) is 4.27. The lowest BCUT2D eigenvalue weighted by Crippen LogP contribution is -2.26. The van der Waals surface area contributed by atoms with Crippen LogP contribution in [0.15, 0.2) is 35.5 Å². The maximum Gasteiger partial charge on any atom is 0.250 e. The number of aromatic nitrogens is 2. The van der Waals surface area contributed by atoms with Crippen molar-refractivity contribution in [1.29, 1.82) is 10.7 Å². The van der Waals surface area contributed by atoms with Crippen LogP contribution in [0, 0.1) is 16.7 Å². The average Bonchev–Trinajstić information content (AvgIpc) is 2.74. The molecule has 0 unspecified atom stereocenters. The molecule has 3 rings (SSSR count). The summed E-state index contributed by atoms with van der Waals surface area (Å²) in [5, 5.41) is 19.9. The van der Waals surface area contributed by atoms with E-state index in [9.17, 15) is 5.26 Å². The van der Waals surface area contributed by atoms with Crippen LogP contribution in [0.1, 0.15) is 18.4 Å². The molecule has 2 aromatic rings. The summed E-state index contributed by atoms with van der Waals surface area (Å²) in [6.07, 6.45) is 4.49. The van der Waals surface area contributed by atoms with Crippen LogP contribution in [0.3, 0.4) is 0 Å². The van der Waals surface area contributed by atoms with Crippen molar-refractivity contribution >= 4 is 17.9 Å². The van der Waals surface area contributed by atoms with Crippen molar-refractivity contribution in [2.24, 2.45) is 4.99 Å². The summed E-state index contributed by atoms with van der Waals surface area (Å²) in [6.45, 7) is 1.81. The highest BCUT2D eigenvalue weighted by atomic mass is 16.5. The van der Waals surface area contributed by atoms with Crippen molar-refractivity contribution in [3.63, 3.8) is 0 Å². The van der Waals surface area contributed by atoms with Crippen LogP contribution in [0.2, 0.25) is 0 Å². The van der Waals surface area contributed by atoms with Crippen molar-refractivity contribution in [3.05, 3.63) is 36.0 Å². The van der Waals surface area contributed by atoms with Gasteiger partial charge in [-0.25, -0.2) is 15.0 Å². The Morgan fingerprint density at radius 3 is 2.96 bits per heavy atom. The standard InChI is InChI=1S/C20H22N6O2/c1-23-13-16(12-22)25-20-24-7-4-18(26-20)14-2-3-19(15(10-14)11-21)28-17-5-8-27-9-6-17/h2-4,7,10,12,17,22-23H,5-6,8-9,13H2,1H3. The monoisotopic (exact) mass is 378 g/mol. The van der Waals surface area contributed by atoms with Gasteiger partial charge in [-0.3, -0.25) is 0 Å². The Bertz CT molecular complexity index is 900. The van der Waals surface area contributed by atoms with E-state index in [0.717, 1.165) is 18.4 Å². The summed E-state index contributed by atoms with van der Waals surface area (Å²) in [4.78, 5) is 12.9. The minimum atomic E-state index is 0.0680. The van der Waals surface area contributed by atoms with Gasteiger partial charge in [0.05, 0.1) is 30.2 Å². The van der Waals surface area contributed by atoms with E-state index in [1.54, 1.807) is 31.4 Å². The van der Waals surface area contributed by atoms with Crippen LogP contribution in [-0.4, -0.2) is 54.8 Å². The number of benzene rings is 1. The van der Waals surface area contributed by atoms with Gasteiger partial charge in [0.2, 0.25) is 5.95 Å². The SMILES string of the molecule is CNCC(C=N)=Nc1nccc(-c2ccc(OC3CCOCC3)c(C#N)c2)n1. The van der Waals surface area contributed by atoms with Crippen molar-refractivity contribution in [1.82, 2.24) is 15.3 Å². The zero-order chi connectivity index (χ0) is 19.8. The fourth-order valence-corrected chi connectivity index (χ4v) is 2.85. The molecule has 1 aliphatic heterocycles. The molecule has 0 amide bonds. The van der Waals surface area contributed by atoms with Crippen LogP contribution in [0.25, 0.3) is 11.3 Å². The average molecular weight is 378 g/mol. The minimum Gasteiger partial charge on any atom is -0.489 e. The summed E-state index contributed by atoms with van der Waals surface area (Å²) in [7, 11) is 1.78. The molecule has 2 N–H and O–H groups in total. The fraction of sp³-hybridized carbons (Fsp3) is 0.350. The zero-order valence-corrected chi connectivity index (χ0v) is 15.7. The number of nitrogens with one attached hydrogen (secondary N) is 2. The van der Waals surface area contributed by atoms with E-state index in [1.807, 2.05) is 6.07 Å². The molecular weight excluding hydrogens is 356 g/mol. The van der Waals surface area contributed by atoms with E-state index in [0.29, 0.717) is 42.5 Å². The summed E-state index contributed by atoms with van der Waals surface area (Å²) in [6, 6.07) is 9.40. The summed E-state index contributed by atoms with van der Waals surface area (Å²) in [5.41, 5.74) is 2.41. The molecule has 0 aliphatic carbocycles. The van der Waals surface area contributed by atoms with Crippen molar-refractivity contribution < 1.29 is 9.47 Å². The lowest BCUT2D eigenvalue weighted by Gasteiger charge is -2.23. The molecule has 1 fully saturated rings. The minimum absolute atomic E-state index is 0.0680. The fourth-order valence-electron chi connectivity index (χ4n) is 2.85. The van der Waals surface area contributed by atoms with Crippen molar-refractivity contribution in [2.45, 2.75) is 18.9 Å². The zero-order valence-electron chi connectivity index (χ0n) is 15.7. The summed E-state index contributed by atoms with van der Waals surface area (Å²) in [5.74, 6) is 0.845. The van der Waals surface area contributed by atoms with Crippen LogP contribution in [-0.2, 0) is 4.74 Å². The van der Waals surface area contributed by atoms with Gasteiger partial charge in [-0.15, -0.1) is 0 Å². The van der Waals surface area contributed by atoms with Crippen LogP contribution >= 0.6 is 0 Å². The van der Waals surface area contributed by atoms with Crippen LogP contribution < -0.4 is 10.1 Å². The first-order valence-electron chi connectivity index (χ1n) is 9.08. The van der Waals surface area contributed by atoms with Crippen molar-refractivity contribution in [3.8, 4) is 23.1 Å². The van der Waals surface area contributed by atoms with Gasteiger partial charge in [-0.2, -0.15) is 5.26 Å². The van der Waals surface area contributed by atoms with Gasteiger partial charge in [-0.1, -0.05) is 0 Å². The second-order valence-corrected chi connectivity index (χ2v) is 6.27. The van der Waals surface area contributed by atoms with Gasteiger partial charge < -0.3 is 20.2 Å². The van der Waals surface area contributed by atoms with Gasteiger partial charge in [-0.05, 0) is 31.3 Å². The Kier molecular flexibility index (Phi) is 6.78. The first-order valence-corrected chi connectivity index (χ1v) is 9.08. The van der Waals surface area contributed by atoms with E-state index < -0.39 is 0 Å². The van der Waals surface area contributed by atoms with Gasteiger partial charge >= 0.3 is 0 Å². The molecule has 0 atom stereocenters. The van der Waals surface area contributed by atoms with Gasteiger partial charge in [0.15, 0.2) is 0 Å². The molecule has 8 nitrogen and oxygen atoms in total. The maximum atomic E-state index is 9.54. The Balaban J connectivity index is 1.84. The third kappa shape index (κ3) is 4.97.